The van der Waals surface area contributed by atoms with Crippen LogP contribution in [0.15, 0.2) is 146 Å². The monoisotopic (exact) mass is 789 g/mol. The van der Waals surface area contributed by atoms with Gasteiger partial charge in [0.25, 0.3) is 0 Å². The quantitative estimate of drug-likeness (QED) is 0.0990. The van der Waals surface area contributed by atoms with E-state index in [1.54, 1.807) is 0 Å². The summed E-state index contributed by atoms with van der Waals surface area (Å²) in [5.41, 5.74) is 10.4. The SMILES string of the molecule is CC(C)(C)c1cc(Oc2[c-]c3c(cc2)c2ncccc2n2c(-c4ccccc4)c(-c4ccccc4)nc32)[c-]c(-n2c3ccccc3c3cccnc32)c1.[Pd+2]. The van der Waals surface area contributed by atoms with Crippen LogP contribution in [0.3, 0.4) is 0 Å². The number of para-hydroxylation sites is 1. The van der Waals surface area contributed by atoms with Gasteiger partial charge in [0.05, 0.1) is 33.6 Å². The van der Waals surface area contributed by atoms with Crippen LogP contribution in [-0.4, -0.2) is 23.9 Å². The molecule has 10 aromatic rings. The topological polar surface area (TPSA) is 57.2 Å². The fourth-order valence-electron chi connectivity index (χ4n) is 7.47. The van der Waals surface area contributed by atoms with Crippen LogP contribution in [0.2, 0.25) is 0 Å². The molecule has 0 amide bonds. The van der Waals surface area contributed by atoms with Gasteiger partial charge in [-0.25, -0.2) is 4.98 Å². The minimum Gasteiger partial charge on any atom is -0.503 e. The van der Waals surface area contributed by atoms with Crippen LogP contribution >= 0.6 is 0 Å². The van der Waals surface area contributed by atoms with Crippen molar-refractivity contribution in [3.63, 3.8) is 0 Å². The summed E-state index contributed by atoms with van der Waals surface area (Å²) in [6.07, 6.45) is 3.68. The number of rotatable bonds is 5. The maximum Gasteiger partial charge on any atom is 2.00 e. The van der Waals surface area contributed by atoms with Crippen molar-refractivity contribution in [1.29, 1.82) is 0 Å². The summed E-state index contributed by atoms with van der Waals surface area (Å²) in [4.78, 5) is 15.1. The minimum atomic E-state index is -0.157. The summed E-state index contributed by atoms with van der Waals surface area (Å²) < 4.78 is 11.2. The van der Waals surface area contributed by atoms with Gasteiger partial charge < -0.3 is 13.7 Å². The largest absolute Gasteiger partial charge is 2.00 e. The first kappa shape index (κ1) is 33.7. The fraction of sp³-hybridized carbons (Fsp3) is 0.0851. The Morgan fingerprint density at radius 3 is 2.07 bits per heavy atom. The van der Waals surface area contributed by atoms with E-state index >= 15 is 0 Å². The van der Waals surface area contributed by atoms with Crippen molar-refractivity contribution in [2.75, 3.05) is 0 Å². The van der Waals surface area contributed by atoms with Gasteiger partial charge in [-0.15, -0.1) is 29.8 Å². The van der Waals surface area contributed by atoms with Gasteiger partial charge in [0.2, 0.25) is 0 Å². The normalized spacial score (nSPS) is 11.8. The molecule has 0 N–H and O–H groups in total. The van der Waals surface area contributed by atoms with Crippen LogP contribution in [0.5, 0.6) is 11.5 Å². The van der Waals surface area contributed by atoms with Gasteiger partial charge in [0.1, 0.15) is 5.65 Å². The van der Waals surface area contributed by atoms with E-state index < -0.39 is 0 Å². The number of hydrogen-bond acceptors (Lipinski definition) is 4. The average Bonchev–Trinajstić information content (AvgIpc) is 3.76. The van der Waals surface area contributed by atoms with Gasteiger partial charge in [0, 0.05) is 40.2 Å². The number of fused-ring (bicyclic) bond motifs is 9. The molecule has 0 radical (unpaired) electrons. The van der Waals surface area contributed by atoms with Crippen molar-refractivity contribution in [3.05, 3.63) is 164 Å². The fourth-order valence-corrected chi connectivity index (χ4v) is 7.47. The molecular weight excluding hydrogens is 757 g/mol. The van der Waals surface area contributed by atoms with Gasteiger partial charge in [-0.3, -0.25) is 9.97 Å². The average molecular weight is 790 g/mol. The Labute approximate surface area is 326 Å². The Bertz CT molecular complexity index is 2960. The van der Waals surface area contributed by atoms with Crippen molar-refractivity contribution in [2.24, 2.45) is 0 Å². The molecule has 5 aromatic heterocycles. The molecule has 5 aromatic carbocycles. The third kappa shape index (κ3) is 5.48. The van der Waals surface area contributed by atoms with Crippen molar-refractivity contribution in [2.45, 2.75) is 26.2 Å². The predicted molar refractivity (Wildman–Crippen MR) is 214 cm³/mol. The number of hydrogen-bond donors (Lipinski definition) is 0. The van der Waals surface area contributed by atoms with Crippen LogP contribution in [0.25, 0.3) is 77.6 Å². The van der Waals surface area contributed by atoms with E-state index in [0.29, 0.717) is 11.5 Å². The zero-order chi connectivity index (χ0) is 35.7. The van der Waals surface area contributed by atoms with E-state index in [1.807, 2.05) is 42.7 Å². The smallest absolute Gasteiger partial charge is 0.503 e. The third-order valence-electron chi connectivity index (χ3n) is 9.99. The first-order valence-corrected chi connectivity index (χ1v) is 17.8. The summed E-state index contributed by atoms with van der Waals surface area (Å²) in [5.74, 6) is 1.16. The zero-order valence-electron chi connectivity index (χ0n) is 29.8. The van der Waals surface area contributed by atoms with Gasteiger partial charge >= 0.3 is 20.4 Å². The summed E-state index contributed by atoms with van der Waals surface area (Å²) in [5, 5.41) is 4.02. The number of nitrogens with zero attached hydrogens (tertiary/aromatic N) is 5. The molecule has 0 fully saturated rings. The molecule has 6 nitrogen and oxygen atoms in total. The van der Waals surface area contributed by atoms with Crippen LogP contribution < -0.4 is 4.74 Å². The Balaban J connectivity index is 0.00000384. The molecule has 0 saturated heterocycles. The molecule has 5 heterocycles. The molecule has 54 heavy (non-hydrogen) atoms. The maximum atomic E-state index is 6.75. The third-order valence-corrected chi connectivity index (χ3v) is 9.99. The van der Waals surface area contributed by atoms with E-state index in [4.69, 9.17) is 19.7 Å². The van der Waals surface area contributed by atoms with E-state index in [1.165, 1.54) is 0 Å². The molecule has 0 saturated carbocycles. The number of pyridine rings is 3. The number of aromatic nitrogens is 5. The molecular formula is C47H33N5OPd. The zero-order valence-corrected chi connectivity index (χ0v) is 31.4. The van der Waals surface area contributed by atoms with Gasteiger partial charge in [-0.1, -0.05) is 128 Å². The van der Waals surface area contributed by atoms with E-state index in [9.17, 15) is 0 Å². The molecule has 0 atom stereocenters. The molecule has 262 valence electrons. The van der Waals surface area contributed by atoms with Crippen LogP contribution in [-0.2, 0) is 25.8 Å². The summed E-state index contributed by atoms with van der Waals surface area (Å²) >= 11 is 0. The van der Waals surface area contributed by atoms with Crippen molar-refractivity contribution < 1.29 is 25.2 Å². The first-order valence-electron chi connectivity index (χ1n) is 17.8. The van der Waals surface area contributed by atoms with Crippen molar-refractivity contribution in [1.82, 2.24) is 23.9 Å². The Kier molecular flexibility index (Phi) is 8.15. The summed E-state index contributed by atoms with van der Waals surface area (Å²) in [7, 11) is 0. The Morgan fingerprint density at radius 2 is 1.28 bits per heavy atom. The second-order valence-electron chi connectivity index (χ2n) is 14.4. The molecule has 10 rings (SSSR count). The molecule has 0 aliphatic carbocycles. The van der Waals surface area contributed by atoms with E-state index in [-0.39, 0.29) is 25.8 Å². The van der Waals surface area contributed by atoms with Crippen molar-refractivity contribution >= 4 is 49.4 Å². The summed E-state index contributed by atoms with van der Waals surface area (Å²) in [6, 6.07) is 53.0. The number of ether oxygens (including phenoxy) is 1. The van der Waals surface area contributed by atoms with Crippen LogP contribution in [0.4, 0.5) is 0 Å². The van der Waals surface area contributed by atoms with Gasteiger partial charge in [-0.2, -0.15) is 0 Å². The second-order valence-corrected chi connectivity index (χ2v) is 14.4. The Morgan fingerprint density at radius 1 is 0.593 bits per heavy atom. The van der Waals surface area contributed by atoms with Gasteiger partial charge in [-0.05, 0) is 41.3 Å². The van der Waals surface area contributed by atoms with Crippen molar-refractivity contribution in [3.8, 4) is 39.7 Å². The molecule has 7 heteroatoms. The van der Waals surface area contributed by atoms with Gasteiger partial charge in [0.15, 0.2) is 0 Å². The molecule has 0 aliphatic heterocycles. The standard InChI is InChI=1S/C47H33N5O.Pd/c1-47(2,3)32-26-33(51-40-20-11-10-18-36(40)38-19-12-25-49-45(38)51)28-35(27-32)53-34-22-23-37-39(29-34)46-50-42(30-14-6-4-7-15-30)44(31-16-8-5-9-17-31)52(46)41-21-13-24-48-43(37)41;/h4-27H,1-3H3;/q-2;+2. The second kappa shape index (κ2) is 13.1. The maximum absolute atomic E-state index is 6.75. The molecule has 0 bridgehead atoms. The number of imidazole rings is 1. The molecule has 0 spiro atoms. The van der Waals surface area contributed by atoms with Crippen LogP contribution in [0.1, 0.15) is 26.3 Å². The van der Waals surface area contributed by atoms with E-state index in [0.717, 1.165) is 83.2 Å². The Hall–Kier alpha value is -6.13. The molecule has 0 unspecified atom stereocenters. The number of benzene rings is 5. The first-order chi connectivity index (χ1) is 25.9. The predicted octanol–water partition coefficient (Wildman–Crippen LogP) is 11.5. The van der Waals surface area contributed by atoms with E-state index in [2.05, 4.69) is 145 Å². The minimum absolute atomic E-state index is 0. The summed E-state index contributed by atoms with van der Waals surface area (Å²) in [6.45, 7) is 6.64. The van der Waals surface area contributed by atoms with Crippen LogP contribution in [0, 0.1) is 12.1 Å². The molecule has 0 aliphatic rings.